The highest BCUT2D eigenvalue weighted by atomic mass is 35.5. The number of ether oxygens (including phenoxy) is 3. The van der Waals surface area contributed by atoms with E-state index in [-0.39, 0.29) is 35.5 Å². The molecule has 1 aliphatic heterocycles. The topological polar surface area (TPSA) is 99.8 Å². The molecule has 0 saturated carbocycles. The van der Waals surface area contributed by atoms with Gasteiger partial charge in [0.15, 0.2) is 17.3 Å². The highest BCUT2D eigenvalue weighted by Gasteiger charge is 2.33. The molecule has 0 radical (unpaired) electrons. The van der Waals surface area contributed by atoms with Gasteiger partial charge < -0.3 is 24.8 Å². The fourth-order valence-corrected chi connectivity index (χ4v) is 3.41. The van der Waals surface area contributed by atoms with Gasteiger partial charge in [-0.2, -0.15) is 4.98 Å². The first-order valence-corrected chi connectivity index (χ1v) is 8.25. The number of carbonyl (C=O) groups is 1. The molecule has 0 aliphatic carbocycles. The van der Waals surface area contributed by atoms with E-state index in [0.717, 1.165) is 0 Å². The molecule has 0 atom stereocenters. The average Bonchev–Trinajstić information content (AvgIpc) is 2.91. The number of nitrogen functional groups attached to an aromatic ring is 1. The maximum atomic E-state index is 12.3. The van der Waals surface area contributed by atoms with Crippen molar-refractivity contribution in [3.8, 4) is 17.2 Å². The van der Waals surface area contributed by atoms with Crippen LogP contribution in [0.1, 0.15) is 15.9 Å². The lowest BCUT2D eigenvalue weighted by molar-refractivity contribution is 0.101. The first-order chi connectivity index (χ1) is 12.4. The average molecular weight is 399 g/mol. The lowest BCUT2D eigenvalue weighted by Gasteiger charge is -2.21. The number of carbonyl (C=O) groups excluding carboxylic acids is 1. The number of hydrogen-bond acceptors (Lipinski definition) is 8. The molecular weight excluding hydrogens is 383 g/mol. The van der Waals surface area contributed by atoms with Crippen LogP contribution in [-0.4, -0.2) is 43.6 Å². The largest absolute Gasteiger partial charge is 0.493 e. The summed E-state index contributed by atoms with van der Waals surface area (Å²) < 4.78 is 16.0. The Kier molecular flexibility index (Phi) is 4.97. The summed E-state index contributed by atoms with van der Waals surface area (Å²) in [4.78, 5) is 22.0. The molecule has 0 unspecified atom stereocenters. The molecule has 0 fully saturated rings. The molecule has 3 rings (SSSR count). The molecule has 2 heterocycles. The number of nitrogens with two attached hydrogens (primary N) is 1. The van der Waals surface area contributed by atoms with E-state index in [1.807, 2.05) is 0 Å². The van der Waals surface area contributed by atoms with Crippen molar-refractivity contribution in [3.05, 3.63) is 27.4 Å². The van der Waals surface area contributed by atoms with Gasteiger partial charge in [-0.05, 0) is 11.6 Å². The zero-order valence-electron chi connectivity index (χ0n) is 14.3. The molecule has 0 spiro atoms. The van der Waals surface area contributed by atoms with Crippen LogP contribution in [0.2, 0.25) is 10.2 Å². The van der Waals surface area contributed by atoms with Crippen LogP contribution < -0.4 is 24.8 Å². The van der Waals surface area contributed by atoms with Gasteiger partial charge in [-0.25, -0.2) is 4.98 Å². The molecule has 0 saturated heterocycles. The fourth-order valence-electron chi connectivity index (χ4n) is 2.86. The van der Waals surface area contributed by atoms with Crippen molar-refractivity contribution in [1.82, 2.24) is 9.97 Å². The summed E-state index contributed by atoms with van der Waals surface area (Å²) in [5, 5.41) is 0.384. The summed E-state index contributed by atoms with van der Waals surface area (Å²) in [5.74, 6) is 1.36. The van der Waals surface area contributed by atoms with Crippen LogP contribution in [0, 0.1) is 0 Å². The number of hydrogen-bond donors (Lipinski definition) is 1. The zero-order valence-corrected chi connectivity index (χ0v) is 15.8. The summed E-state index contributed by atoms with van der Waals surface area (Å²) in [7, 11) is 4.49. The van der Waals surface area contributed by atoms with Crippen molar-refractivity contribution in [1.29, 1.82) is 0 Å². The molecule has 1 aliphatic rings. The normalized spacial score (nSPS) is 13.0. The Labute approximate surface area is 159 Å². The van der Waals surface area contributed by atoms with E-state index in [0.29, 0.717) is 33.7 Å². The molecule has 2 N–H and O–H groups in total. The van der Waals surface area contributed by atoms with Crippen molar-refractivity contribution in [2.45, 2.75) is 6.54 Å². The molecular formula is C16H16Cl2N4O4. The molecule has 26 heavy (non-hydrogen) atoms. The first kappa shape index (κ1) is 18.3. The highest BCUT2D eigenvalue weighted by molar-refractivity contribution is 6.34. The fraction of sp³-hybridized carbons (Fsp3) is 0.312. The standard InChI is InChI=1S/C16H16Cl2N4O4/c1-24-9-4-7(11(17)13(26-3)12(9)25-2)5-22-6-8(23)10-14(18)20-16(19)21-15(10)22/h4H,5-6H2,1-3H3,(H2,19,20,21). The van der Waals surface area contributed by atoms with Crippen LogP contribution in [0.3, 0.4) is 0 Å². The smallest absolute Gasteiger partial charge is 0.223 e. The van der Waals surface area contributed by atoms with Gasteiger partial charge in [0.25, 0.3) is 0 Å². The van der Waals surface area contributed by atoms with Gasteiger partial charge in [0.1, 0.15) is 11.0 Å². The van der Waals surface area contributed by atoms with Crippen LogP contribution in [0.25, 0.3) is 0 Å². The number of methoxy groups -OCH3 is 3. The van der Waals surface area contributed by atoms with E-state index in [9.17, 15) is 4.79 Å². The van der Waals surface area contributed by atoms with E-state index in [2.05, 4.69) is 9.97 Å². The molecule has 1 aromatic carbocycles. The van der Waals surface area contributed by atoms with Crippen molar-refractivity contribution in [2.75, 3.05) is 38.5 Å². The van der Waals surface area contributed by atoms with E-state index in [4.69, 9.17) is 43.1 Å². The minimum atomic E-state index is -0.187. The molecule has 2 aromatic rings. The summed E-state index contributed by atoms with van der Waals surface area (Å²) in [6, 6.07) is 1.72. The van der Waals surface area contributed by atoms with Crippen molar-refractivity contribution in [3.63, 3.8) is 0 Å². The minimum absolute atomic E-state index is 0.00978. The molecule has 10 heteroatoms. The molecule has 0 bridgehead atoms. The van der Waals surface area contributed by atoms with Crippen molar-refractivity contribution < 1.29 is 19.0 Å². The monoisotopic (exact) mass is 398 g/mol. The second-order valence-electron chi connectivity index (χ2n) is 5.47. The number of anilines is 2. The number of Topliss-reactive ketones (excluding diaryl/α,β-unsaturated/α-hetero) is 1. The van der Waals surface area contributed by atoms with Gasteiger partial charge in [0.2, 0.25) is 11.7 Å². The lowest BCUT2D eigenvalue weighted by atomic mass is 10.1. The molecule has 1 aromatic heterocycles. The summed E-state index contributed by atoms with van der Waals surface area (Å²) >= 11 is 12.5. The predicted molar refractivity (Wildman–Crippen MR) is 97.9 cm³/mol. The Hall–Kier alpha value is -2.45. The SMILES string of the molecule is COc1cc(CN2CC(=O)c3c(Cl)nc(N)nc32)c(Cl)c(OC)c1OC. The number of rotatable bonds is 5. The van der Waals surface area contributed by atoms with Gasteiger partial charge >= 0.3 is 0 Å². The maximum Gasteiger partial charge on any atom is 0.223 e. The molecule has 8 nitrogen and oxygen atoms in total. The third kappa shape index (κ3) is 2.95. The van der Waals surface area contributed by atoms with Crippen LogP contribution in [0.4, 0.5) is 11.8 Å². The van der Waals surface area contributed by atoms with Crippen LogP contribution in [-0.2, 0) is 6.54 Å². The third-order valence-corrected chi connectivity index (χ3v) is 4.67. The number of aromatic nitrogens is 2. The van der Waals surface area contributed by atoms with Gasteiger partial charge in [0.05, 0.1) is 38.5 Å². The number of halogens is 2. The van der Waals surface area contributed by atoms with Crippen LogP contribution >= 0.6 is 23.2 Å². The maximum absolute atomic E-state index is 12.3. The Morgan fingerprint density at radius 3 is 2.46 bits per heavy atom. The van der Waals surface area contributed by atoms with Crippen LogP contribution in [0.15, 0.2) is 6.07 Å². The highest BCUT2D eigenvalue weighted by Crippen LogP contribution is 2.45. The van der Waals surface area contributed by atoms with Crippen LogP contribution in [0.5, 0.6) is 17.2 Å². The predicted octanol–water partition coefficient (Wildman–Crippen LogP) is 2.59. The lowest BCUT2D eigenvalue weighted by Crippen LogP contribution is -2.23. The zero-order chi connectivity index (χ0) is 19.0. The Morgan fingerprint density at radius 1 is 1.15 bits per heavy atom. The van der Waals surface area contributed by atoms with Gasteiger partial charge in [0, 0.05) is 6.54 Å². The Morgan fingerprint density at radius 2 is 1.85 bits per heavy atom. The van der Waals surface area contributed by atoms with E-state index >= 15 is 0 Å². The summed E-state index contributed by atoms with van der Waals surface area (Å²) in [6.07, 6.45) is 0. The molecule has 0 amide bonds. The number of fused-ring (bicyclic) bond motifs is 1. The Balaban J connectivity index is 2.05. The van der Waals surface area contributed by atoms with Crippen molar-refractivity contribution in [2.24, 2.45) is 0 Å². The summed E-state index contributed by atoms with van der Waals surface area (Å²) in [6.45, 7) is 0.348. The number of nitrogens with zero attached hydrogens (tertiary/aromatic N) is 3. The van der Waals surface area contributed by atoms with Gasteiger partial charge in [-0.1, -0.05) is 23.2 Å². The number of ketones is 1. The van der Waals surface area contributed by atoms with Gasteiger partial charge in [-0.3, -0.25) is 4.79 Å². The first-order valence-electron chi connectivity index (χ1n) is 7.49. The van der Waals surface area contributed by atoms with E-state index < -0.39 is 0 Å². The van der Waals surface area contributed by atoms with Crippen molar-refractivity contribution >= 4 is 40.8 Å². The number of benzene rings is 1. The third-order valence-electron chi connectivity index (χ3n) is 3.98. The van der Waals surface area contributed by atoms with Gasteiger partial charge in [-0.15, -0.1) is 0 Å². The second-order valence-corrected chi connectivity index (χ2v) is 6.20. The van der Waals surface area contributed by atoms with E-state index in [1.54, 1.807) is 11.0 Å². The molecule has 138 valence electrons. The quantitative estimate of drug-likeness (QED) is 0.766. The second kappa shape index (κ2) is 7.05. The summed E-state index contributed by atoms with van der Waals surface area (Å²) in [5.41, 5.74) is 6.58. The van der Waals surface area contributed by atoms with E-state index in [1.165, 1.54) is 21.3 Å². The minimum Gasteiger partial charge on any atom is -0.493 e. The Bertz CT molecular complexity index is 891.